The number of ether oxygens (including phenoxy) is 1. The highest BCUT2D eigenvalue weighted by Gasteiger charge is 2.18. The topological polar surface area (TPSA) is 51.2 Å². The van der Waals surface area contributed by atoms with Crippen LogP contribution in [0, 0.1) is 6.92 Å². The molecular formula is C17H20N2O2. The highest BCUT2D eigenvalue weighted by atomic mass is 16.5. The number of pyridine rings is 1. The Morgan fingerprint density at radius 3 is 2.67 bits per heavy atom. The molecule has 1 unspecified atom stereocenters. The molecule has 2 aromatic rings. The number of amides is 1. The van der Waals surface area contributed by atoms with Crippen molar-refractivity contribution in [3.63, 3.8) is 0 Å². The number of rotatable bonds is 5. The fourth-order valence-electron chi connectivity index (χ4n) is 2.26. The standard InChI is InChI=1S/C17H20N2O2/c1-4-14(13-9-5-6-11-16(13)21-3)19-17(20)15-10-7-8-12(2)18-15/h5-11,14H,4H2,1-3H3,(H,19,20). The van der Waals surface area contributed by atoms with E-state index < -0.39 is 0 Å². The Hall–Kier alpha value is -2.36. The van der Waals surface area contributed by atoms with Gasteiger partial charge in [0, 0.05) is 11.3 Å². The van der Waals surface area contributed by atoms with E-state index >= 15 is 0 Å². The molecule has 0 aliphatic heterocycles. The summed E-state index contributed by atoms with van der Waals surface area (Å²) in [5.41, 5.74) is 2.24. The molecular weight excluding hydrogens is 264 g/mol. The number of hydrogen-bond donors (Lipinski definition) is 1. The van der Waals surface area contributed by atoms with Crippen LogP contribution in [-0.4, -0.2) is 18.0 Å². The number of methoxy groups -OCH3 is 1. The molecule has 1 amide bonds. The third-order valence-electron chi connectivity index (χ3n) is 3.35. The number of carbonyl (C=O) groups is 1. The van der Waals surface area contributed by atoms with E-state index in [9.17, 15) is 4.79 Å². The molecule has 0 radical (unpaired) electrons. The van der Waals surface area contributed by atoms with Gasteiger partial charge in [0.1, 0.15) is 11.4 Å². The number of aromatic nitrogens is 1. The van der Waals surface area contributed by atoms with Gasteiger partial charge in [0.05, 0.1) is 13.2 Å². The Labute approximate surface area is 125 Å². The van der Waals surface area contributed by atoms with E-state index in [1.807, 2.05) is 50.2 Å². The summed E-state index contributed by atoms with van der Waals surface area (Å²) in [6.07, 6.45) is 0.776. The summed E-state index contributed by atoms with van der Waals surface area (Å²) in [5.74, 6) is 0.610. The van der Waals surface area contributed by atoms with Crippen LogP contribution in [0.15, 0.2) is 42.5 Å². The zero-order valence-corrected chi connectivity index (χ0v) is 12.6. The van der Waals surface area contributed by atoms with E-state index in [2.05, 4.69) is 10.3 Å². The number of para-hydroxylation sites is 1. The summed E-state index contributed by atoms with van der Waals surface area (Å²) in [6.45, 7) is 3.90. The summed E-state index contributed by atoms with van der Waals surface area (Å²) < 4.78 is 5.37. The minimum Gasteiger partial charge on any atom is -0.496 e. The summed E-state index contributed by atoms with van der Waals surface area (Å²) in [5, 5.41) is 3.02. The molecule has 0 spiro atoms. The molecule has 1 aromatic carbocycles. The van der Waals surface area contributed by atoms with Crippen molar-refractivity contribution in [1.82, 2.24) is 10.3 Å². The van der Waals surface area contributed by atoms with E-state index in [0.717, 1.165) is 23.4 Å². The second-order valence-electron chi connectivity index (χ2n) is 4.84. The highest BCUT2D eigenvalue weighted by molar-refractivity contribution is 5.92. The molecule has 4 heteroatoms. The zero-order valence-electron chi connectivity index (χ0n) is 12.6. The molecule has 2 rings (SSSR count). The number of nitrogens with zero attached hydrogens (tertiary/aromatic N) is 1. The van der Waals surface area contributed by atoms with Crippen LogP contribution in [0.5, 0.6) is 5.75 Å². The van der Waals surface area contributed by atoms with Gasteiger partial charge in [0.25, 0.3) is 5.91 Å². The average molecular weight is 284 g/mol. The van der Waals surface area contributed by atoms with E-state index in [0.29, 0.717) is 5.69 Å². The molecule has 0 bridgehead atoms. The Bertz CT molecular complexity index is 626. The number of benzene rings is 1. The van der Waals surface area contributed by atoms with E-state index in [1.165, 1.54) is 0 Å². The lowest BCUT2D eigenvalue weighted by Crippen LogP contribution is -2.29. The summed E-state index contributed by atoms with van der Waals surface area (Å²) >= 11 is 0. The first-order valence-corrected chi connectivity index (χ1v) is 7.03. The maximum Gasteiger partial charge on any atom is 0.270 e. The zero-order chi connectivity index (χ0) is 15.2. The Kier molecular flexibility index (Phi) is 4.93. The molecule has 0 fully saturated rings. The van der Waals surface area contributed by atoms with Crippen LogP contribution < -0.4 is 10.1 Å². The second kappa shape index (κ2) is 6.88. The Morgan fingerprint density at radius 1 is 1.24 bits per heavy atom. The normalized spacial score (nSPS) is 11.8. The third kappa shape index (κ3) is 3.60. The SMILES string of the molecule is CCC(NC(=O)c1cccc(C)n1)c1ccccc1OC. The van der Waals surface area contributed by atoms with Crippen molar-refractivity contribution in [2.45, 2.75) is 26.3 Å². The number of nitrogens with one attached hydrogen (secondary N) is 1. The monoisotopic (exact) mass is 284 g/mol. The predicted molar refractivity (Wildman–Crippen MR) is 82.5 cm³/mol. The third-order valence-corrected chi connectivity index (χ3v) is 3.35. The smallest absolute Gasteiger partial charge is 0.270 e. The van der Waals surface area contributed by atoms with Crippen LogP contribution in [0.25, 0.3) is 0 Å². The molecule has 0 aliphatic carbocycles. The van der Waals surface area contributed by atoms with Crippen molar-refractivity contribution in [2.75, 3.05) is 7.11 Å². The summed E-state index contributed by atoms with van der Waals surface area (Å²) in [6, 6.07) is 13.0. The van der Waals surface area contributed by atoms with Gasteiger partial charge in [-0.1, -0.05) is 31.2 Å². The van der Waals surface area contributed by atoms with Gasteiger partial charge in [-0.05, 0) is 31.5 Å². The van der Waals surface area contributed by atoms with Gasteiger partial charge in [0.2, 0.25) is 0 Å². The van der Waals surface area contributed by atoms with Crippen molar-refractivity contribution in [3.05, 3.63) is 59.4 Å². The average Bonchev–Trinajstić information content (AvgIpc) is 2.52. The van der Waals surface area contributed by atoms with Gasteiger partial charge < -0.3 is 10.1 Å². The maximum atomic E-state index is 12.3. The minimum atomic E-state index is -0.170. The molecule has 21 heavy (non-hydrogen) atoms. The fourth-order valence-corrected chi connectivity index (χ4v) is 2.26. The molecule has 0 saturated carbocycles. The first-order chi connectivity index (χ1) is 10.2. The number of hydrogen-bond acceptors (Lipinski definition) is 3. The van der Waals surface area contributed by atoms with Crippen molar-refractivity contribution in [3.8, 4) is 5.75 Å². The van der Waals surface area contributed by atoms with Gasteiger partial charge in [-0.3, -0.25) is 4.79 Å². The van der Waals surface area contributed by atoms with Crippen molar-refractivity contribution < 1.29 is 9.53 Å². The fraction of sp³-hybridized carbons (Fsp3) is 0.294. The van der Waals surface area contributed by atoms with E-state index in [-0.39, 0.29) is 11.9 Å². The van der Waals surface area contributed by atoms with Crippen LogP contribution in [-0.2, 0) is 0 Å². The molecule has 1 N–H and O–H groups in total. The van der Waals surface area contributed by atoms with Crippen molar-refractivity contribution in [2.24, 2.45) is 0 Å². The maximum absolute atomic E-state index is 12.3. The van der Waals surface area contributed by atoms with E-state index in [4.69, 9.17) is 4.74 Å². The largest absolute Gasteiger partial charge is 0.496 e. The molecule has 0 saturated heterocycles. The Balaban J connectivity index is 2.21. The Morgan fingerprint density at radius 2 is 2.00 bits per heavy atom. The molecule has 4 nitrogen and oxygen atoms in total. The quantitative estimate of drug-likeness (QED) is 0.916. The molecule has 0 aliphatic rings. The number of carbonyl (C=O) groups excluding carboxylic acids is 1. The first-order valence-electron chi connectivity index (χ1n) is 7.03. The highest BCUT2D eigenvalue weighted by Crippen LogP contribution is 2.26. The summed E-state index contributed by atoms with van der Waals surface area (Å²) in [4.78, 5) is 16.6. The van der Waals surface area contributed by atoms with Gasteiger partial charge >= 0.3 is 0 Å². The van der Waals surface area contributed by atoms with Gasteiger partial charge in [-0.15, -0.1) is 0 Å². The van der Waals surface area contributed by atoms with Gasteiger partial charge in [0.15, 0.2) is 0 Å². The number of aryl methyl sites for hydroxylation is 1. The van der Waals surface area contributed by atoms with E-state index in [1.54, 1.807) is 13.2 Å². The molecule has 1 heterocycles. The molecule has 1 aromatic heterocycles. The molecule has 110 valence electrons. The van der Waals surface area contributed by atoms with Crippen LogP contribution in [0.4, 0.5) is 0 Å². The minimum absolute atomic E-state index is 0.101. The lowest BCUT2D eigenvalue weighted by atomic mass is 10.0. The predicted octanol–water partition coefficient (Wildman–Crippen LogP) is 3.28. The molecule has 1 atom stereocenters. The first kappa shape index (κ1) is 15.0. The van der Waals surface area contributed by atoms with Gasteiger partial charge in [-0.2, -0.15) is 0 Å². The van der Waals surface area contributed by atoms with Crippen LogP contribution in [0.3, 0.4) is 0 Å². The lowest BCUT2D eigenvalue weighted by Gasteiger charge is -2.19. The van der Waals surface area contributed by atoms with Crippen LogP contribution >= 0.6 is 0 Å². The van der Waals surface area contributed by atoms with Gasteiger partial charge in [-0.25, -0.2) is 4.98 Å². The summed E-state index contributed by atoms with van der Waals surface area (Å²) in [7, 11) is 1.63. The van der Waals surface area contributed by atoms with Crippen molar-refractivity contribution in [1.29, 1.82) is 0 Å². The second-order valence-corrected chi connectivity index (χ2v) is 4.84. The van der Waals surface area contributed by atoms with Crippen LogP contribution in [0.1, 0.15) is 41.1 Å². The van der Waals surface area contributed by atoms with Crippen LogP contribution in [0.2, 0.25) is 0 Å². The van der Waals surface area contributed by atoms with Crippen molar-refractivity contribution >= 4 is 5.91 Å². The lowest BCUT2D eigenvalue weighted by molar-refractivity contribution is 0.0930.